The Morgan fingerprint density at radius 1 is 1.30 bits per heavy atom. The van der Waals surface area contributed by atoms with E-state index >= 15 is 0 Å². The highest BCUT2D eigenvalue weighted by Gasteiger charge is 2.43. The van der Waals surface area contributed by atoms with E-state index in [-0.39, 0.29) is 23.5 Å². The number of nitrogens with zero attached hydrogens (tertiary/aromatic N) is 2. The summed E-state index contributed by atoms with van der Waals surface area (Å²) in [5.41, 5.74) is 6.37. The quantitative estimate of drug-likeness (QED) is 0.852. The molecule has 2 saturated heterocycles. The molecule has 0 aliphatic carbocycles. The SMILES string of the molecule is Nc1ccc(F)c(-c2nc(C3CC4CCC3O4)no2)c1. The van der Waals surface area contributed by atoms with Crippen LogP contribution in [0.15, 0.2) is 22.7 Å². The van der Waals surface area contributed by atoms with Crippen LogP contribution >= 0.6 is 0 Å². The number of ether oxygens (including phenoxy) is 1. The highest BCUT2D eigenvalue weighted by Crippen LogP contribution is 2.43. The van der Waals surface area contributed by atoms with E-state index in [4.69, 9.17) is 15.0 Å². The van der Waals surface area contributed by atoms with E-state index in [2.05, 4.69) is 10.1 Å². The van der Waals surface area contributed by atoms with Crippen LogP contribution < -0.4 is 5.73 Å². The zero-order valence-corrected chi connectivity index (χ0v) is 10.8. The second-order valence-corrected chi connectivity index (χ2v) is 5.41. The van der Waals surface area contributed by atoms with E-state index < -0.39 is 5.82 Å². The zero-order valence-electron chi connectivity index (χ0n) is 10.8. The molecule has 1 aromatic heterocycles. The number of aromatic nitrogens is 2. The number of nitrogen functional groups attached to an aromatic ring is 1. The highest BCUT2D eigenvalue weighted by atomic mass is 19.1. The van der Waals surface area contributed by atoms with Gasteiger partial charge in [-0.3, -0.25) is 0 Å². The first kappa shape index (κ1) is 11.8. The lowest BCUT2D eigenvalue weighted by Crippen LogP contribution is -2.15. The number of hydrogen-bond donors (Lipinski definition) is 1. The van der Waals surface area contributed by atoms with Crippen LogP contribution in [0, 0.1) is 5.82 Å². The molecule has 3 unspecified atom stereocenters. The van der Waals surface area contributed by atoms with Crippen molar-refractivity contribution in [3.8, 4) is 11.5 Å². The van der Waals surface area contributed by atoms with Gasteiger partial charge in [-0.05, 0) is 37.5 Å². The maximum absolute atomic E-state index is 13.8. The second kappa shape index (κ2) is 4.28. The number of nitrogens with two attached hydrogens (primary N) is 1. The molecule has 0 spiro atoms. The lowest BCUT2D eigenvalue weighted by Gasteiger charge is -2.13. The minimum atomic E-state index is -0.418. The van der Waals surface area contributed by atoms with E-state index in [0.29, 0.717) is 17.6 Å². The van der Waals surface area contributed by atoms with Crippen LogP contribution in [0.1, 0.15) is 31.0 Å². The van der Waals surface area contributed by atoms with Crippen molar-refractivity contribution in [3.05, 3.63) is 29.8 Å². The largest absolute Gasteiger partial charge is 0.399 e. The average Bonchev–Trinajstić information content (AvgIpc) is 3.15. The number of halogens is 1. The monoisotopic (exact) mass is 275 g/mol. The molecular formula is C14H14FN3O2. The molecule has 0 saturated carbocycles. The lowest BCUT2D eigenvalue weighted by molar-refractivity contribution is 0.0996. The summed E-state index contributed by atoms with van der Waals surface area (Å²) in [6, 6.07) is 4.30. The Labute approximate surface area is 114 Å². The van der Waals surface area contributed by atoms with Crippen LogP contribution in [0.2, 0.25) is 0 Å². The van der Waals surface area contributed by atoms with Gasteiger partial charge in [-0.25, -0.2) is 4.39 Å². The van der Waals surface area contributed by atoms with Crippen LogP contribution in [0.25, 0.3) is 11.5 Å². The summed E-state index contributed by atoms with van der Waals surface area (Å²) >= 11 is 0. The van der Waals surface area contributed by atoms with Crippen molar-refractivity contribution in [2.75, 3.05) is 5.73 Å². The van der Waals surface area contributed by atoms with Gasteiger partial charge in [0.05, 0.1) is 23.7 Å². The van der Waals surface area contributed by atoms with Crippen LogP contribution in [0.3, 0.4) is 0 Å². The fourth-order valence-electron chi connectivity index (χ4n) is 3.11. The molecule has 2 aliphatic rings. The number of anilines is 1. The topological polar surface area (TPSA) is 74.2 Å². The summed E-state index contributed by atoms with van der Waals surface area (Å²) < 4.78 is 24.8. The van der Waals surface area contributed by atoms with Crippen molar-refractivity contribution >= 4 is 5.69 Å². The van der Waals surface area contributed by atoms with Gasteiger partial charge in [0, 0.05) is 5.69 Å². The van der Waals surface area contributed by atoms with Crippen molar-refractivity contribution in [2.24, 2.45) is 0 Å². The van der Waals surface area contributed by atoms with Gasteiger partial charge in [-0.15, -0.1) is 0 Å². The molecule has 3 heterocycles. The Morgan fingerprint density at radius 3 is 2.95 bits per heavy atom. The van der Waals surface area contributed by atoms with E-state index in [1.54, 1.807) is 0 Å². The van der Waals surface area contributed by atoms with Gasteiger partial charge in [0.2, 0.25) is 0 Å². The molecule has 2 aliphatic heterocycles. The van der Waals surface area contributed by atoms with Crippen molar-refractivity contribution in [2.45, 2.75) is 37.4 Å². The van der Waals surface area contributed by atoms with Crippen LogP contribution in [0.5, 0.6) is 0 Å². The molecule has 6 heteroatoms. The van der Waals surface area contributed by atoms with Gasteiger partial charge in [0.25, 0.3) is 5.89 Å². The molecule has 5 nitrogen and oxygen atoms in total. The lowest BCUT2D eigenvalue weighted by atomic mass is 9.89. The fourth-order valence-corrected chi connectivity index (χ4v) is 3.11. The predicted molar refractivity (Wildman–Crippen MR) is 69.4 cm³/mol. The maximum atomic E-state index is 13.8. The molecule has 20 heavy (non-hydrogen) atoms. The molecule has 2 fully saturated rings. The molecule has 2 aromatic rings. The summed E-state index contributed by atoms with van der Waals surface area (Å²) in [5.74, 6) is 0.524. The molecular weight excluding hydrogens is 261 g/mol. The number of hydrogen-bond acceptors (Lipinski definition) is 5. The fraction of sp³-hybridized carbons (Fsp3) is 0.429. The summed E-state index contributed by atoms with van der Waals surface area (Å²) in [6.45, 7) is 0. The van der Waals surface area contributed by atoms with Crippen LogP contribution in [-0.4, -0.2) is 22.3 Å². The van der Waals surface area contributed by atoms with E-state index in [1.165, 1.54) is 18.2 Å². The van der Waals surface area contributed by atoms with E-state index in [0.717, 1.165) is 19.3 Å². The molecule has 0 radical (unpaired) electrons. The summed E-state index contributed by atoms with van der Waals surface area (Å²) in [6.07, 6.45) is 3.55. The normalized spacial score (nSPS) is 28.1. The zero-order chi connectivity index (χ0) is 13.7. The van der Waals surface area contributed by atoms with Gasteiger partial charge >= 0.3 is 0 Å². The first-order valence-electron chi connectivity index (χ1n) is 6.75. The average molecular weight is 275 g/mol. The van der Waals surface area contributed by atoms with E-state index in [1.807, 2.05) is 0 Å². The number of rotatable bonds is 2. The first-order valence-corrected chi connectivity index (χ1v) is 6.75. The Morgan fingerprint density at radius 2 is 2.20 bits per heavy atom. The first-order chi connectivity index (χ1) is 9.70. The van der Waals surface area contributed by atoms with Crippen LogP contribution in [-0.2, 0) is 4.74 Å². The summed E-state index contributed by atoms with van der Waals surface area (Å²) in [7, 11) is 0. The predicted octanol–water partition coefficient (Wildman–Crippen LogP) is 2.49. The standard InChI is InChI=1S/C14H14FN3O2/c15-11-3-1-7(16)5-9(11)14-17-13(18-20-14)10-6-8-2-4-12(10)19-8/h1,3,5,8,10,12H,2,4,6,16H2. The highest BCUT2D eigenvalue weighted by molar-refractivity contribution is 5.60. The molecule has 104 valence electrons. The second-order valence-electron chi connectivity index (χ2n) is 5.41. The van der Waals surface area contributed by atoms with Gasteiger partial charge in [0.1, 0.15) is 5.82 Å². The molecule has 3 atom stereocenters. The third-order valence-corrected chi connectivity index (χ3v) is 4.10. The van der Waals surface area contributed by atoms with E-state index in [9.17, 15) is 4.39 Å². The number of benzene rings is 1. The molecule has 0 amide bonds. The third-order valence-electron chi connectivity index (χ3n) is 4.10. The van der Waals surface area contributed by atoms with Crippen LogP contribution in [0.4, 0.5) is 10.1 Å². The van der Waals surface area contributed by atoms with Gasteiger partial charge in [-0.2, -0.15) is 4.98 Å². The molecule has 1 aromatic carbocycles. The summed E-state index contributed by atoms with van der Waals surface area (Å²) in [5, 5.41) is 3.99. The minimum absolute atomic E-state index is 0.162. The Balaban J connectivity index is 1.66. The van der Waals surface area contributed by atoms with Gasteiger partial charge in [0.15, 0.2) is 5.82 Å². The van der Waals surface area contributed by atoms with Gasteiger partial charge in [-0.1, -0.05) is 5.16 Å². The smallest absolute Gasteiger partial charge is 0.260 e. The molecule has 2 N–H and O–H groups in total. The van der Waals surface area contributed by atoms with Crippen molar-refractivity contribution in [1.29, 1.82) is 0 Å². The maximum Gasteiger partial charge on any atom is 0.260 e. The van der Waals surface area contributed by atoms with Gasteiger partial charge < -0.3 is 15.0 Å². The minimum Gasteiger partial charge on any atom is -0.399 e. The Bertz CT molecular complexity index is 658. The van der Waals surface area contributed by atoms with Crippen molar-refractivity contribution in [1.82, 2.24) is 10.1 Å². The number of fused-ring (bicyclic) bond motifs is 2. The van der Waals surface area contributed by atoms with Crippen molar-refractivity contribution in [3.63, 3.8) is 0 Å². The summed E-state index contributed by atoms with van der Waals surface area (Å²) in [4.78, 5) is 4.33. The Hall–Kier alpha value is -1.95. The Kier molecular flexibility index (Phi) is 2.53. The molecule has 2 bridgehead atoms. The third kappa shape index (κ3) is 1.79. The van der Waals surface area contributed by atoms with Crippen molar-refractivity contribution < 1.29 is 13.7 Å². The molecule has 4 rings (SSSR count).